The largest absolute Gasteiger partial charge is 0.489 e. The molecule has 0 saturated carbocycles. The number of halogens is 2. The smallest absolute Gasteiger partial charge is 0.156 e. The minimum absolute atomic E-state index is 0.111. The first-order valence-electron chi connectivity index (χ1n) is 5.35. The molecule has 0 bridgehead atoms. The molecule has 1 aromatic carbocycles. The van der Waals surface area contributed by atoms with Gasteiger partial charge in [-0.3, -0.25) is 0 Å². The summed E-state index contributed by atoms with van der Waals surface area (Å²) in [6.07, 6.45) is 1.20. The summed E-state index contributed by atoms with van der Waals surface area (Å²) < 4.78 is 27.2. The van der Waals surface area contributed by atoms with Gasteiger partial charge in [0.05, 0.1) is 15.8 Å². The zero-order chi connectivity index (χ0) is 13.6. The minimum Gasteiger partial charge on any atom is -0.489 e. The first-order valence-corrected chi connectivity index (χ1v) is 8.17. The van der Waals surface area contributed by atoms with E-state index in [0.717, 1.165) is 0 Å². The predicted molar refractivity (Wildman–Crippen MR) is 74.5 cm³/mol. The Morgan fingerprint density at radius 2 is 1.83 bits per heavy atom. The average molecular weight is 312 g/mol. The zero-order valence-electron chi connectivity index (χ0n) is 9.95. The van der Waals surface area contributed by atoms with E-state index in [1.165, 1.54) is 6.26 Å². The number of rotatable bonds is 7. The number of ether oxygens (including phenoxy) is 1. The van der Waals surface area contributed by atoms with E-state index < -0.39 is 9.84 Å². The van der Waals surface area contributed by atoms with E-state index in [9.17, 15) is 8.42 Å². The van der Waals surface area contributed by atoms with Gasteiger partial charge in [-0.2, -0.15) is 0 Å². The maximum atomic E-state index is 10.9. The predicted octanol–water partition coefficient (Wildman–Crippen LogP) is 2.01. The van der Waals surface area contributed by atoms with E-state index in [4.69, 9.17) is 27.9 Å². The van der Waals surface area contributed by atoms with Crippen LogP contribution in [0.4, 0.5) is 0 Å². The topological polar surface area (TPSA) is 55.4 Å². The highest BCUT2D eigenvalue weighted by atomic mass is 35.5. The molecule has 0 aliphatic heterocycles. The minimum atomic E-state index is -2.92. The first-order chi connectivity index (χ1) is 8.40. The van der Waals surface area contributed by atoms with Crippen LogP contribution in [-0.2, 0) is 9.84 Å². The van der Waals surface area contributed by atoms with Gasteiger partial charge in [-0.25, -0.2) is 8.42 Å². The molecule has 0 unspecified atom stereocenters. The van der Waals surface area contributed by atoms with Crippen LogP contribution in [0.5, 0.6) is 5.75 Å². The molecule has 4 nitrogen and oxygen atoms in total. The van der Waals surface area contributed by atoms with Gasteiger partial charge in [0.25, 0.3) is 0 Å². The van der Waals surface area contributed by atoms with Crippen LogP contribution in [0, 0.1) is 0 Å². The Balaban J connectivity index is 2.26. The van der Waals surface area contributed by atoms with Crippen molar-refractivity contribution in [3.8, 4) is 5.75 Å². The van der Waals surface area contributed by atoms with Crippen molar-refractivity contribution in [1.82, 2.24) is 5.32 Å². The van der Waals surface area contributed by atoms with E-state index in [0.29, 0.717) is 35.5 Å². The first kappa shape index (κ1) is 15.6. The van der Waals surface area contributed by atoms with Crippen molar-refractivity contribution in [2.45, 2.75) is 0 Å². The summed E-state index contributed by atoms with van der Waals surface area (Å²) in [5, 5.41) is 3.87. The summed E-state index contributed by atoms with van der Waals surface area (Å²) in [6, 6.07) is 5.13. The van der Waals surface area contributed by atoms with Crippen molar-refractivity contribution in [2.24, 2.45) is 0 Å². The lowest BCUT2D eigenvalue weighted by Gasteiger charge is -2.10. The van der Waals surface area contributed by atoms with E-state index in [-0.39, 0.29) is 5.75 Å². The molecule has 0 atom stereocenters. The van der Waals surface area contributed by atoms with Gasteiger partial charge < -0.3 is 10.1 Å². The number of hydrogen-bond donors (Lipinski definition) is 1. The standard InChI is InChI=1S/C11H15Cl2NO3S/c1-18(15,16)8-6-14-5-7-17-11-9(12)3-2-4-10(11)13/h2-4,14H,5-8H2,1H3. The SMILES string of the molecule is CS(=O)(=O)CCNCCOc1c(Cl)cccc1Cl. The number of para-hydroxylation sites is 1. The Hall–Kier alpha value is -0.490. The molecule has 1 rings (SSSR count). The Morgan fingerprint density at radius 3 is 2.39 bits per heavy atom. The summed E-state index contributed by atoms with van der Waals surface area (Å²) in [5.74, 6) is 0.561. The van der Waals surface area contributed by atoms with Crippen molar-refractivity contribution in [2.75, 3.05) is 31.7 Å². The van der Waals surface area contributed by atoms with Crippen molar-refractivity contribution < 1.29 is 13.2 Å². The van der Waals surface area contributed by atoms with Gasteiger partial charge in [-0.05, 0) is 12.1 Å². The number of sulfone groups is 1. The molecular weight excluding hydrogens is 297 g/mol. The Kier molecular flexibility index (Phi) is 6.21. The number of hydrogen-bond acceptors (Lipinski definition) is 4. The summed E-state index contributed by atoms with van der Waals surface area (Å²) in [5.41, 5.74) is 0. The molecule has 0 spiro atoms. The van der Waals surface area contributed by atoms with E-state index in [1.807, 2.05) is 0 Å². The second-order valence-electron chi connectivity index (χ2n) is 3.78. The third-order valence-corrected chi connectivity index (χ3v) is 3.63. The second kappa shape index (κ2) is 7.19. The van der Waals surface area contributed by atoms with Gasteiger partial charge in [-0.1, -0.05) is 29.3 Å². The fourth-order valence-electron chi connectivity index (χ4n) is 1.23. The number of nitrogens with one attached hydrogen (secondary N) is 1. The molecule has 0 aromatic heterocycles. The van der Waals surface area contributed by atoms with Crippen LogP contribution in [0.25, 0.3) is 0 Å². The van der Waals surface area contributed by atoms with Gasteiger partial charge >= 0.3 is 0 Å². The molecule has 7 heteroatoms. The van der Waals surface area contributed by atoms with Crippen LogP contribution in [0.3, 0.4) is 0 Å². The molecule has 0 aliphatic rings. The Labute approximate surface area is 117 Å². The molecule has 18 heavy (non-hydrogen) atoms. The normalized spacial score (nSPS) is 11.5. The monoisotopic (exact) mass is 311 g/mol. The van der Waals surface area contributed by atoms with Gasteiger partial charge in [0.2, 0.25) is 0 Å². The summed E-state index contributed by atoms with van der Waals surface area (Å²) in [4.78, 5) is 0. The maximum Gasteiger partial charge on any atom is 0.156 e. The molecule has 0 amide bonds. The molecule has 0 saturated heterocycles. The van der Waals surface area contributed by atoms with E-state index in [1.54, 1.807) is 18.2 Å². The molecule has 1 aromatic rings. The lowest BCUT2D eigenvalue weighted by Crippen LogP contribution is -2.26. The third kappa shape index (κ3) is 5.91. The van der Waals surface area contributed by atoms with E-state index in [2.05, 4.69) is 5.32 Å². The fourth-order valence-corrected chi connectivity index (χ4v) is 2.25. The van der Waals surface area contributed by atoms with Crippen LogP contribution >= 0.6 is 23.2 Å². The quantitative estimate of drug-likeness (QED) is 0.783. The lowest BCUT2D eigenvalue weighted by molar-refractivity contribution is 0.316. The molecule has 0 heterocycles. The molecule has 102 valence electrons. The third-order valence-electron chi connectivity index (χ3n) is 2.09. The van der Waals surface area contributed by atoms with Crippen LogP contribution in [0.15, 0.2) is 18.2 Å². The summed E-state index contributed by atoms with van der Waals surface area (Å²) >= 11 is 11.8. The van der Waals surface area contributed by atoms with Crippen molar-refractivity contribution >= 4 is 33.0 Å². The zero-order valence-corrected chi connectivity index (χ0v) is 12.3. The van der Waals surface area contributed by atoms with Crippen LogP contribution in [0.2, 0.25) is 10.0 Å². The van der Waals surface area contributed by atoms with Crippen molar-refractivity contribution in [3.05, 3.63) is 28.2 Å². The van der Waals surface area contributed by atoms with E-state index >= 15 is 0 Å². The second-order valence-corrected chi connectivity index (χ2v) is 6.85. The molecule has 0 fully saturated rings. The van der Waals surface area contributed by atoms with Crippen molar-refractivity contribution in [1.29, 1.82) is 0 Å². The lowest BCUT2D eigenvalue weighted by atomic mass is 10.3. The van der Waals surface area contributed by atoms with Gasteiger partial charge in [0.15, 0.2) is 5.75 Å². The van der Waals surface area contributed by atoms with Crippen LogP contribution in [-0.4, -0.2) is 40.1 Å². The highest BCUT2D eigenvalue weighted by molar-refractivity contribution is 7.90. The van der Waals surface area contributed by atoms with Crippen molar-refractivity contribution in [3.63, 3.8) is 0 Å². The van der Waals surface area contributed by atoms with Gasteiger partial charge in [0.1, 0.15) is 16.4 Å². The van der Waals surface area contributed by atoms with Crippen LogP contribution < -0.4 is 10.1 Å². The number of benzene rings is 1. The summed E-state index contributed by atoms with van der Waals surface area (Å²) in [7, 11) is -2.92. The Morgan fingerprint density at radius 1 is 1.22 bits per heavy atom. The fraction of sp³-hybridized carbons (Fsp3) is 0.455. The highest BCUT2D eigenvalue weighted by Gasteiger charge is 2.06. The molecular formula is C11H15Cl2NO3S. The Bertz CT molecular complexity index is 471. The average Bonchev–Trinajstić information content (AvgIpc) is 2.25. The van der Waals surface area contributed by atoms with Gasteiger partial charge in [-0.15, -0.1) is 0 Å². The molecule has 0 radical (unpaired) electrons. The highest BCUT2D eigenvalue weighted by Crippen LogP contribution is 2.31. The van der Waals surface area contributed by atoms with Crippen LogP contribution in [0.1, 0.15) is 0 Å². The maximum absolute atomic E-state index is 10.9. The molecule has 0 aliphatic carbocycles. The summed E-state index contributed by atoms with van der Waals surface area (Å²) in [6.45, 7) is 1.29. The molecule has 1 N–H and O–H groups in total. The van der Waals surface area contributed by atoms with Gasteiger partial charge in [0, 0.05) is 19.3 Å².